The van der Waals surface area contributed by atoms with Crippen molar-refractivity contribution in [3.05, 3.63) is 35.1 Å². The van der Waals surface area contributed by atoms with Crippen LogP contribution in [0.25, 0.3) is 0 Å². The molecule has 0 bridgehead atoms. The maximum atomic E-state index is 13.1. The quantitative estimate of drug-likeness (QED) is 0.595. The highest BCUT2D eigenvalue weighted by Gasteiger charge is 2.31. The number of rotatable bonds is 7. The van der Waals surface area contributed by atoms with E-state index in [1.165, 1.54) is 7.11 Å². The predicted octanol–water partition coefficient (Wildman–Crippen LogP) is 1.70. The van der Waals surface area contributed by atoms with Gasteiger partial charge in [-0.05, 0) is 23.8 Å². The van der Waals surface area contributed by atoms with Crippen molar-refractivity contribution < 1.29 is 27.1 Å². The van der Waals surface area contributed by atoms with E-state index in [1.54, 1.807) is 0 Å². The normalized spacial score (nSPS) is 11.5. The molecular weight excluding hydrogens is 292 g/mol. The van der Waals surface area contributed by atoms with Crippen molar-refractivity contribution in [3.8, 4) is 0 Å². The lowest BCUT2D eigenvalue weighted by molar-refractivity contribution is -0.137. The molecule has 1 aromatic rings. The van der Waals surface area contributed by atoms with Crippen LogP contribution in [-0.4, -0.2) is 32.7 Å². The van der Waals surface area contributed by atoms with Gasteiger partial charge in [-0.1, -0.05) is 0 Å². The first-order chi connectivity index (χ1) is 9.82. The number of nitrogens with one attached hydrogen (secondary N) is 2. The topological polar surface area (TPSA) is 50.4 Å². The molecule has 8 heteroatoms. The first kappa shape index (κ1) is 17.4. The van der Waals surface area contributed by atoms with Gasteiger partial charge in [0.1, 0.15) is 5.82 Å². The van der Waals surface area contributed by atoms with Crippen LogP contribution in [0.3, 0.4) is 0 Å². The van der Waals surface area contributed by atoms with E-state index in [9.17, 15) is 22.4 Å². The Hall–Kier alpha value is -1.67. The number of hydrogen-bond donors (Lipinski definition) is 2. The van der Waals surface area contributed by atoms with Crippen LogP contribution in [0, 0.1) is 5.82 Å². The molecule has 118 valence electrons. The number of carbonyl (C=O) groups is 1. The van der Waals surface area contributed by atoms with Crippen molar-refractivity contribution in [1.29, 1.82) is 0 Å². The van der Waals surface area contributed by atoms with Crippen molar-refractivity contribution in [2.75, 3.05) is 26.8 Å². The zero-order chi connectivity index (χ0) is 15.9. The summed E-state index contributed by atoms with van der Waals surface area (Å²) in [6.45, 7) is 0.583. The predicted molar refractivity (Wildman–Crippen MR) is 68.0 cm³/mol. The maximum absolute atomic E-state index is 13.1. The fourth-order valence-electron chi connectivity index (χ4n) is 1.59. The average molecular weight is 308 g/mol. The van der Waals surface area contributed by atoms with E-state index in [0.717, 1.165) is 12.1 Å². The van der Waals surface area contributed by atoms with E-state index in [0.29, 0.717) is 19.2 Å². The molecule has 0 radical (unpaired) electrons. The third-order valence-corrected chi connectivity index (χ3v) is 2.53. The number of ether oxygens (including phenoxy) is 1. The molecule has 4 nitrogen and oxygen atoms in total. The smallest absolute Gasteiger partial charge is 0.383 e. The third-order valence-electron chi connectivity index (χ3n) is 2.53. The summed E-state index contributed by atoms with van der Waals surface area (Å²) in [6, 6.07) is 2.27. The van der Waals surface area contributed by atoms with Crippen molar-refractivity contribution >= 4 is 5.91 Å². The number of halogens is 4. The summed E-state index contributed by atoms with van der Waals surface area (Å²) >= 11 is 0. The van der Waals surface area contributed by atoms with Crippen LogP contribution in [-0.2, 0) is 22.3 Å². The summed E-state index contributed by atoms with van der Waals surface area (Å²) < 4.78 is 55.4. The number of methoxy groups -OCH3 is 1. The summed E-state index contributed by atoms with van der Waals surface area (Å²) in [7, 11) is 1.49. The fourth-order valence-corrected chi connectivity index (χ4v) is 1.59. The minimum absolute atomic E-state index is 0.0431. The highest BCUT2D eigenvalue weighted by atomic mass is 19.4. The minimum atomic E-state index is -4.60. The lowest BCUT2D eigenvalue weighted by Gasteiger charge is -2.10. The average Bonchev–Trinajstić information content (AvgIpc) is 2.37. The molecule has 0 aliphatic heterocycles. The van der Waals surface area contributed by atoms with E-state index in [1.807, 2.05) is 0 Å². The minimum Gasteiger partial charge on any atom is -0.383 e. The molecule has 0 atom stereocenters. The van der Waals surface area contributed by atoms with Gasteiger partial charge in [-0.15, -0.1) is 0 Å². The molecule has 0 unspecified atom stereocenters. The number of amides is 1. The summed E-state index contributed by atoms with van der Waals surface area (Å²) in [6.07, 6.45) is -4.60. The van der Waals surface area contributed by atoms with Gasteiger partial charge in [-0.3, -0.25) is 4.79 Å². The molecule has 0 spiro atoms. The second kappa shape index (κ2) is 7.94. The molecule has 21 heavy (non-hydrogen) atoms. The standard InChI is InChI=1S/C13H16F4N2O2/c1-21-3-2-19-12(20)8-18-7-9-4-10(13(15,16)17)6-11(14)5-9/h4-6,18H,2-3,7-8H2,1H3,(H,19,20). The largest absolute Gasteiger partial charge is 0.416 e. The van der Waals surface area contributed by atoms with Crippen molar-refractivity contribution in [2.45, 2.75) is 12.7 Å². The Morgan fingerprint density at radius 2 is 2.00 bits per heavy atom. The van der Waals surface area contributed by atoms with Crippen LogP contribution in [0.15, 0.2) is 18.2 Å². The van der Waals surface area contributed by atoms with Crippen molar-refractivity contribution in [1.82, 2.24) is 10.6 Å². The van der Waals surface area contributed by atoms with Gasteiger partial charge in [0, 0.05) is 20.2 Å². The number of benzene rings is 1. The molecule has 1 rings (SSSR count). The molecule has 1 amide bonds. The van der Waals surface area contributed by atoms with Crippen LogP contribution >= 0.6 is 0 Å². The van der Waals surface area contributed by atoms with Crippen LogP contribution < -0.4 is 10.6 Å². The number of hydrogen-bond acceptors (Lipinski definition) is 3. The van der Waals surface area contributed by atoms with Gasteiger partial charge < -0.3 is 15.4 Å². The van der Waals surface area contributed by atoms with E-state index in [-0.39, 0.29) is 24.6 Å². The van der Waals surface area contributed by atoms with E-state index < -0.39 is 17.6 Å². The monoisotopic (exact) mass is 308 g/mol. The Kier molecular flexibility index (Phi) is 6.57. The number of carbonyl (C=O) groups excluding carboxylic acids is 1. The van der Waals surface area contributed by atoms with Crippen LogP contribution in [0.1, 0.15) is 11.1 Å². The van der Waals surface area contributed by atoms with Gasteiger partial charge in [-0.2, -0.15) is 13.2 Å². The zero-order valence-electron chi connectivity index (χ0n) is 11.4. The Labute approximate surface area is 119 Å². The maximum Gasteiger partial charge on any atom is 0.416 e. The van der Waals surface area contributed by atoms with E-state index in [2.05, 4.69) is 10.6 Å². The van der Waals surface area contributed by atoms with Gasteiger partial charge in [0.25, 0.3) is 0 Å². The number of alkyl halides is 3. The molecular formula is C13H16F4N2O2. The van der Waals surface area contributed by atoms with Gasteiger partial charge >= 0.3 is 6.18 Å². The Morgan fingerprint density at radius 3 is 2.62 bits per heavy atom. The van der Waals surface area contributed by atoms with Gasteiger partial charge in [0.15, 0.2) is 0 Å². The fraction of sp³-hybridized carbons (Fsp3) is 0.462. The molecule has 0 aliphatic carbocycles. The summed E-state index contributed by atoms with van der Waals surface area (Å²) in [4.78, 5) is 11.3. The Balaban J connectivity index is 2.49. The molecule has 0 fully saturated rings. The lowest BCUT2D eigenvalue weighted by Crippen LogP contribution is -2.35. The second-order valence-corrected chi connectivity index (χ2v) is 4.29. The summed E-state index contributed by atoms with van der Waals surface area (Å²) in [5.41, 5.74) is -0.934. The molecule has 1 aromatic carbocycles. The molecule has 0 saturated carbocycles. The molecule has 0 heterocycles. The SMILES string of the molecule is COCCNC(=O)CNCc1cc(F)cc(C(F)(F)F)c1. The Morgan fingerprint density at radius 1 is 1.29 bits per heavy atom. The van der Waals surface area contributed by atoms with Crippen LogP contribution in [0.5, 0.6) is 0 Å². The molecule has 0 saturated heterocycles. The van der Waals surface area contributed by atoms with Crippen LogP contribution in [0.2, 0.25) is 0 Å². The first-order valence-corrected chi connectivity index (χ1v) is 6.16. The van der Waals surface area contributed by atoms with Crippen molar-refractivity contribution in [3.63, 3.8) is 0 Å². The van der Waals surface area contributed by atoms with Gasteiger partial charge in [-0.25, -0.2) is 4.39 Å². The molecule has 2 N–H and O–H groups in total. The zero-order valence-corrected chi connectivity index (χ0v) is 11.4. The van der Waals surface area contributed by atoms with E-state index in [4.69, 9.17) is 4.74 Å². The van der Waals surface area contributed by atoms with Gasteiger partial charge in [0.2, 0.25) is 5.91 Å². The summed E-state index contributed by atoms with van der Waals surface area (Å²) in [5.74, 6) is -1.29. The Bertz CT molecular complexity index is 478. The highest BCUT2D eigenvalue weighted by Crippen LogP contribution is 2.30. The third kappa shape index (κ3) is 6.54. The van der Waals surface area contributed by atoms with E-state index >= 15 is 0 Å². The van der Waals surface area contributed by atoms with Gasteiger partial charge in [0.05, 0.1) is 18.7 Å². The van der Waals surface area contributed by atoms with Crippen molar-refractivity contribution in [2.24, 2.45) is 0 Å². The molecule has 0 aromatic heterocycles. The first-order valence-electron chi connectivity index (χ1n) is 6.16. The van der Waals surface area contributed by atoms with Crippen LogP contribution in [0.4, 0.5) is 17.6 Å². The summed E-state index contributed by atoms with van der Waals surface area (Å²) in [5, 5.41) is 5.18. The molecule has 0 aliphatic rings. The lowest BCUT2D eigenvalue weighted by atomic mass is 10.1. The second-order valence-electron chi connectivity index (χ2n) is 4.29. The highest BCUT2D eigenvalue weighted by molar-refractivity contribution is 5.77.